The maximum absolute atomic E-state index is 8.89. The third-order valence-electron chi connectivity index (χ3n) is 2.52. The molecular formula is C13H17N3O2. The number of hydrogen-bond donors (Lipinski definition) is 1. The first-order chi connectivity index (χ1) is 8.85. The first-order valence-electron chi connectivity index (χ1n) is 6.08. The molecule has 0 unspecified atom stereocenters. The number of aliphatic hydroxyl groups is 1. The van der Waals surface area contributed by atoms with E-state index in [0.29, 0.717) is 18.9 Å². The number of aryl methyl sites for hydroxylation is 1. The Morgan fingerprint density at radius 3 is 2.94 bits per heavy atom. The molecule has 18 heavy (non-hydrogen) atoms. The van der Waals surface area contributed by atoms with Crippen LogP contribution in [0.4, 0.5) is 0 Å². The third kappa shape index (κ3) is 2.87. The van der Waals surface area contributed by atoms with Crippen molar-refractivity contribution in [1.82, 2.24) is 14.8 Å². The van der Waals surface area contributed by atoms with E-state index in [1.807, 2.05) is 31.3 Å². The van der Waals surface area contributed by atoms with Crippen molar-refractivity contribution in [2.24, 2.45) is 0 Å². The number of ether oxygens (including phenoxy) is 1. The first-order valence-corrected chi connectivity index (χ1v) is 6.08. The van der Waals surface area contributed by atoms with Crippen LogP contribution in [0.25, 0.3) is 5.82 Å². The van der Waals surface area contributed by atoms with E-state index in [0.717, 1.165) is 17.8 Å². The van der Waals surface area contributed by atoms with Crippen molar-refractivity contribution >= 4 is 0 Å². The molecule has 2 rings (SSSR count). The smallest absolute Gasteiger partial charge is 0.236 e. The van der Waals surface area contributed by atoms with Crippen molar-refractivity contribution in [2.75, 3.05) is 13.2 Å². The van der Waals surface area contributed by atoms with E-state index < -0.39 is 0 Å². The molecule has 0 atom stereocenters. The normalized spacial score (nSPS) is 10.6. The summed E-state index contributed by atoms with van der Waals surface area (Å²) in [6, 6.07) is 5.67. The van der Waals surface area contributed by atoms with Crippen LogP contribution >= 0.6 is 0 Å². The van der Waals surface area contributed by atoms with Crippen LogP contribution in [0.5, 0.6) is 5.88 Å². The van der Waals surface area contributed by atoms with Crippen LogP contribution in [0.15, 0.2) is 30.6 Å². The summed E-state index contributed by atoms with van der Waals surface area (Å²) >= 11 is 0. The van der Waals surface area contributed by atoms with Gasteiger partial charge >= 0.3 is 0 Å². The van der Waals surface area contributed by atoms with Crippen molar-refractivity contribution in [1.29, 1.82) is 0 Å². The highest BCUT2D eigenvalue weighted by molar-refractivity contribution is 5.29. The van der Waals surface area contributed by atoms with Gasteiger partial charge in [-0.1, -0.05) is 6.07 Å². The van der Waals surface area contributed by atoms with Crippen LogP contribution < -0.4 is 4.74 Å². The van der Waals surface area contributed by atoms with Gasteiger partial charge in [0.1, 0.15) is 0 Å². The molecule has 2 aromatic rings. The second kappa shape index (κ2) is 6.16. The van der Waals surface area contributed by atoms with Crippen molar-refractivity contribution < 1.29 is 9.84 Å². The maximum Gasteiger partial charge on any atom is 0.236 e. The molecule has 0 spiro atoms. The van der Waals surface area contributed by atoms with E-state index in [4.69, 9.17) is 9.84 Å². The number of hydrogen-bond acceptors (Lipinski definition) is 4. The Bertz CT molecular complexity index is 482. The van der Waals surface area contributed by atoms with Gasteiger partial charge < -0.3 is 9.84 Å². The predicted molar refractivity (Wildman–Crippen MR) is 67.9 cm³/mol. The quantitative estimate of drug-likeness (QED) is 0.842. The maximum atomic E-state index is 8.89. The minimum absolute atomic E-state index is 0.167. The molecule has 0 aliphatic rings. The molecule has 0 aliphatic carbocycles. The minimum atomic E-state index is 0.167. The van der Waals surface area contributed by atoms with E-state index in [-0.39, 0.29) is 6.61 Å². The van der Waals surface area contributed by atoms with E-state index in [2.05, 4.69) is 10.1 Å². The second-order valence-electron chi connectivity index (χ2n) is 3.85. The lowest BCUT2D eigenvalue weighted by Gasteiger charge is -2.00. The Hall–Kier alpha value is -1.88. The SMILES string of the molecule is CCOc1nn(-c2ccccn2)cc1CCCO. The summed E-state index contributed by atoms with van der Waals surface area (Å²) in [6.45, 7) is 2.67. The zero-order valence-corrected chi connectivity index (χ0v) is 10.4. The van der Waals surface area contributed by atoms with Crippen LogP contribution in [0.2, 0.25) is 0 Å². The lowest BCUT2D eigenvalue weighted by molar-refractivity contribution is 0.286. The van der Waals surface area contributed by atoms with Crippen LogP contribution in [-0.2, 0) is 6.42 Å². The fourth-order valence-electron chi connectivity index (χ4n) is 1.70. The molecule has 0 bridgehead atoms. The topological polar surface area (TPSA) is 60.2 Å². The molecule has 0 amide bonds. The van der Waals surface area contributed by atoms with Gasteiger partial charge in [-0.2, -0.15) is 0 Å². The monoisotopic (exact) mass is 247 g/mol. The van der Waals surface area contributed by atoms with Crippen molar-refractivity contribution in [3.63, 3.8) is 0 Å². The number of aliphatic hydroxyl groups excluding tert-OH is 1. The molecule has 1 N–H and O–H groups in total. The highest BCUT2D eigenvalue weighted by Gasteiger charge is 2.11. The summed E-state index contributed by atoms with van der Waals surface area (Å²) < 4.78 is 7.20. The molecule has 0 fully saturated rings. The number of pyridine rings is 1. The second-order valence-corrected chi connectivity index (χ2v) is 3.85. The lowest BCUT2D eigenvalue weighted by Crippen LogP contribution is -1.99. The average molecular weight is 247 g/mol. The van der Waals surface area contributed by atoms with Crippen LogP contribution in [0.1, 0.15) is 18.9 Å². The van der Waals surface area contributed by atoms with Gasteiger partial charge in [-0.3, -0.25) is 0 Å². The summed E-state index contributed by atoms with van der Waals surface area (Å²) in [4.78, 5) is 4.24. The average Bonchev–Trinajstić information content (AvgIpc) is 2.81. The molecule has 0 aromatic carbocycles. The summed E-state index contributed by atoms with van der Waals surface area (Å²) in [7, 11) is 0. The van der Waals surface area contributed by atoms with Gasteiger partial charge in [0.2, 0.25) is 5.88 Å². The minimum Gasteiger partial charge on any atom is -0.477 e. The van der Waals surface area contributed by atoms with Crippen LogP contribution in [0, 0.1) is 0 Å². The fraction of sp³-hybridized carbons (Fsp3) is 0.385. The first kappa shape index (κ1) is 12.6. The van der Waals surface area contributed by atoms with Gasteiger partial charge in [-0.15, -0.1) is 5.10 Å². The highest BCUT2D eigenvalue weighted by Crippen LogP contribution is 2.19. The molecule has 0 saturated heterocycles. The third-order valence-corrected chi connectivity index (χ3v) is 2.52. The van der Waals surface area contributed by atoms with Crippen molar-refractivity contribution in [2.45, 2.75) is 19.8 Å². The predicted octanol–water partition coefficient (Wildman–Crippen LogP) is 1.59. The van der Waals surface area contributed by atoms with Gasteiger partial charge in [0.05, 0.1) is 6.61 Å². The Morgan fingerprint density at radius 1 is 1.39 bits per heavy atom. The van der Waals surface area contributed by atoms with Crippen molar-refractivity contribution in [3.05, 3.63) is 36.2 Å². The molecule has 5 nitrogen and oxygen atoms in total. The van der Waals surface area contributed by atoms with E-state index in [9.17, 15) is 0 Å². The summed E-state index contributed by atoms with van der Waals surface area (Å²) in [6.07, 6.45) is 5.08. The largest absolute Gasteiger partial charge is 0.477 e. The number of rotatable bonds is 6. The Balaban J connectivity index is 2.27. The Morgan fingerprint density at radius 2 is 2.28 bits per heavy atom. The van der Waals surface area contributed by atoms with Gasteiger partial charge in [0.15, 0.2) is 5.82 Å². The van der Waals surface area contributed by atoms with E-state index >= 15 is 0 Å². The van der Waals surface area contributed by atoms with Crippen molar-refractivity contribution in [3.8, 4) is 11.7 Å². The Kier molecular flexibility index (Phi) is 4.30. The number of aromatic nitrogens is 3. The molecule has 2 heterocycles. The van der Waals surface area contributed by atoms with Crippen LogP contribution in [-0.4, -0.2) is 33.1 Å². The molecule has 0 aliphatic heterocycles. The molecular weight excluding hydrogens is 230 g/mol. The van der Waals surface area contributed by atoms with Gasteiger partial charge in [-0.05, 0) is 31.9 Å². The Labute approximate surface area is 106 Å². The fourth-order valence-corrected chi connectivity index (χ4v) is 1.70. The lowest BCUT2D eigenvalue weighted by atomic mass is 10.2. The molecule has 5 heteroatoms. The van der Waals surface area contributed by atoms with E-state index in [1.54, 1.807) is 10.9 Å². The molecule has 0 saturated carbocycles. The van der Waals surface area contributed by atoms with Crippen LogP contribution in [0.3, 0.4) is 0 Å². The number of nitrogens with zero attached hydrogens (tertiary/aromatic N) is 3. The molecule has 0 radical (unpaired) electrons. The summed E-state index contributed by atoms with van der Waals surface area (Å²) in [5.74, 6) is 1.38. The van der Waals surface area contributed by atoms with Gasteiger partial charge in [-0.25, -0.2) is 9.67 Å². The zero-order valence-electron chi connectivity index (χ0n) is 10.4. The molecule has 2 aromatic heterocycles. The summed E-state index contributed by atoms with van der Waals surface area (Å²) in [5.41, 5.74) is 0.997. The molecule has 96 valence electrons. The summed E-state index contributed by atoms with van der Waals surface area (Å²) in [5, 5.41) is 13.3. The zero-order chi connectivity index (χ0) is 12.8. The van der Waals surface area contributed by atoms with E-state index in [1.165, 1.54) is 0 Å². The van der Waals surface area contributed by atoms with Gasteiger partial charge in [0.25, 0.3) is 0 Å². The van der Waals surface area contributed by atoms with Gasteiger partial charge in [0, 0.05) is 24.6 Å². The highest BCUT2D eigenvalue weighted by atomic mass is 16.5. The standard InChI is InChI=1S/C13H17N3O2/c1-2-18-13-11(6-5-9-17)10-16(15-13)12-7-3-4-8-14-12/h3-4,7-8,10,17H,2,5-6,9H2,1H3.